The Balaban J connectivity index is 1.73. The van der Waals surface area contributed by atoms with E-state index in [9.17, 15) is 14.7 Å². The molecule has 3 aromatic heterocycles. The maximum atomic E-state index is 13.2. The molecular formula is C23H18ClN5O3. The normalized spacial score (nSPS) is 11.5. The van der Waals surface area contributed by atoms with Crippen LogP contribution in [0.4, 0.5) is 0 Å². The first-order chi connectivity index (χ1) is 15.4. The number of hydrogen-bond acceptors (Lipinski definition) is 4. The molecule has 0 fully saturated rings. The van der Waals surface area contributed by atoms with Crippen LogP contribution in [0.25, 0.3) is 38.8 Å². The molecule has 0 unspecified atom stereocenters. The average molecular weight is 448 g/mol. The minimum atomic E-state index is -1.10. The zero-order valence-electron chi connectivity index (χ0n) is 17.3. The van der Waals surface area contributed by atoms with Gasteiger partial charge >= 0.3 is 11.7 Å². The van der Waals surface area contributed by atoms with Gasteiger partial charge in [0.15, 0.2) is 0 Å². The Bertz CT molecular complexity index is 1600. The number of aryl methyl sites for hydroxylation is 2. The number of nitrogens with zero attached hydrogens (tertiary/aromatic N) is 5. The third-order valence-corrected chi connectivity index (χ3v) is 5.92. The molecule has 0 aliphatic rings. The fourth-order valence-corrected chi connectivity index (χ4v) is 4.39. The Kier molecular flexibility index (Phi) is 4.60. The van der Waals surface area contributed by atoms with E-state index in [1.54, 1.807) is 41.5 Å². The molecule has 160 valence electrons. The molecule has 1 N–H and O–H groups in total. The summed E-state index contributed by atoms with van der Waals surface area (Å²) in [5.74, 6) is -1.10. The summed E-state index contributed by atoms with van der Waals surface area (Å²) in [5, 5.41) is 15.0. The molecule has 0 spiro atoms. The molecule has 0 saturated carbocycles. The standard InChI is InChI=1S/C23H18ClN5O3/c1-13-8-14(15-9-25-11-20-16(15)10-26-27(20)2)6-7-18(13)29-22-17(24)4-3-5-19(22)28(23(29)32)12-21(30)31/h3-11H,12H2,1-2H3,(H,30,31). The molecule has 0 aliphatic heterocycles. The number of fused-ring (bicyclic) bond motifs is 2. The second-order valence-electron chi connectivity index (χ2n) is 7.59. The molecule has 3 heterocycles. The lowest BCUT2D eigenvalue weighted by Crippen LogP contribution is -2.26. The van der Waals surface area contributed by atoms with Crippen molar-refractivity contribution in [1.82, 2.24) is 23.9 Å². The molecule has 0 atom stereocenters. The zero-order valence-corrected chi connectivity index (χ0v) is 18.0. The lowest BCUT2D eigenvalue weighted by molar-refractivity contribution is -0.137. The van der Waals surface area contributed by atoms with Crippen molar-refractivity contribution in [1.29, 1.82) is 0 Å². The van der Waals surface area contributed by atoms with E-state index < -0.39 is 18.2 Å². The number of benzene rings is 2. The second-order valence-corrected chi connectivity index (χ2v) is 8.00. The Hall–Kier alpha value is -3.91. The van der Waals surface area contributed by atoms with Gasteiger partial charge in [-0.05, 0) is 42.3 Å². The highest BCUT2D eigenvalue weighted by molar-refractivity contribution is 6.35. The van der Waals surface area contributed by atoms with E-state index in [1.165, 1.54) is 9.13 Å². The molecule has 5 aromatic rings. The van der Waals surface area contributed by atoms with Gasteiger partial charge in [-0.2, -0.15) is 5.10 Å². The number of aromatic nitrogens is 5. The Labute approximate surface area is 186 Å². The van der Waals surface area contributed by atoms with Crippen LogP contribution in [0.2, 0.25) is 5.02 Å². The number of imidazole rings is 1. The fourth-order valence-electron chi connectivity index (χ4n) is 4.14. The summed E-state index contributed by atoms with van der Waals surface area (Å²) in [6.45, 7) is 1.45. The van der Waals surface area contributed by atoms with Crippen molar-refractivity contribution >= 4 is 39.5 Å². The highest BCUT2D eigenvalue weighted by atomic mass is 35.5. The van der Waals surface area contributed by atoms with Crippen LogP contribution in [0, 0.1) is 6.92 Å². The summed E-state index contributed by atoms with van der Waals surface area (Å²) in [6, 6.07) is 10.8. The van der Waals surface area contributed by atoms with Crippen molar-refractivity contribution < 1.29 is 9.90 Å². The molecule has 9 heteroatoms. The number of halogens is 1. The van der Waals surface area contributed by atoms with Crippen molar-refractivity contribution in [3.63, 3.8) is 0 Å². The lowest BCUT2D eigenvalue weighted by Gasteiger charge is -2.11. The third-order valence-electron chi connectivity index (χ3n) is 5.62. The minimum Gasteiger partial charge on any atom is -0.480 e. The predicted molar refractivity (Wildman–Crippen MR) is 122 cm³/mol. The average Bonchev–Trinajstić information content (AvgIpc) is 3.27. The van der Waals surface area contributed by atoms with Gasteiger partial charge < -0.3 is 5.11 Å². The molecular weight excluding hydrogens is 430 g/mol. The SMILES string of the molecule is Cc1cc(-c2cncc3c2cnn3C)ccc1-n1c(=O)n(CC(=O)O)c2cccc(Cl)c21. The number of carboxylic acid groups (broad SMARTS) is 1. The number of aliphatic carboxylic acids is 1. The summed E-state index contributed by atoms with van der Waals surface area (Å²) in [5.41, 5.74) is 4.75. The van der Waals surface area contributed by atoms with Gasteiger partial charge in [0.2, 0.25) is 0 Å². The first-order valence-electron chi connectivity index (χ1n) is 9.85. The largest absolute Gasteiger partial charge is 0.480 e. The summed E-state index contributed by atoms with van der Waals surface area (Å²) < 4.78 is 4.46. The van der Waals surface area contributed by atoms with Crippen molar-refractivity contribution in [2.45, 2.75) is 13.5 Å². The monoisotopic (exact) mass is 447 g/mol. The quantitative estimate of drug-likeness (QED) is 0.452. The van der Waals surface area contributed by atoms with E-state index in [0.717, 1.165) is 27.6 Å². The first-order valence-corrected chi connectivity index (χ1v) is 10.2. The van der Waals surface area contributed by atoms with Gasteiger partial charge in [-0.3, -0.25) is 23.6 Å². The molecule has 0 aliphatic carbocycles. The molecule has 0 radical (unpaired) electrons. The van der Waals surface area contributed by atoms with E-state index in [4.69, 9.17) is 11.6 Å². The van der Waals surface area contributed by atoms with Gasteiger partial charge in [-0.15, -0.1) is 0 Å². The number of carbonyl (C=O) groups is 1. The third kappa shape index (κ3) is 2.99. The molecule has 2 aromatic carbocycles. The number of para-hydroxylation sites is 1. The van der Waals surface area contributed by atoms with Crippen molar-refractivity contribution in [2.75, 3.05) is 0 Å². The van der Waals surface area contributed by atoms with Crippen LogP contribution >= 0.6 is 11.6 Å². The van der Waals surface area contributed by atoms with E-state index in [1.807, 2.05) is 32.2 Å². The summed E-state index contributed by atoms with van der Waals surface area (Å²) in [6.07, 6.45) is 5.37. The van der Waals surface area contributed by atoms with Crippen molar-refractivity contribution in [2.24, 2.45) is 7.05 Å². The van der Waals surface area contributed by atoms with Crippen LogP contribution in [-0.2, 0) is 18.4 Å². The van der Waals surface area contributed by atoms with E-state index in [0.29, 0.717) is 21.7 Å². The van der Waals surface area contributed by atoms with Crippen molar-refractivity contribution in [3.05, 3.63) is 76.1 Å². The van der Waals surface area contributed by atoms with Crippen LogP contribution in [-0.4, -0.2) is 35.0 Å². The van der Waals surface area contributed by atoms with Crippen molar-refractivity contribution in [3.8, 4) is 16.8 Å². The summed E-state index contributed by atoms with van der Waals surface area (Å²) in [7, 11) is 1.87. The molecule has 32 heavy (non-hydrogen) atoms. The molecule has 0 bridgehead atoms. The lowest BCUT2D eigenvalue weighted by atomic mass is 10.0. The van der Waals surface area contributed by atoms with Crippen LogP contribution in [0.3, 0.4) is 0 Å². The zero-order chi connectivity index (χ0) is 22.6. The maximum Gasteiger partial charge on any atom is 0.334 e. The maximum absolute atomic E-state index is 13.2. The van der Waals surface area contributed by atoms with Crippen LogP contribution < -0.4 is 5.69 Å². The van der Waals surface area contributed by atoms with Crippen LogP contribution in [0.5, 0.6) is 0 Å². The summed E-state index contributed by atoms with van der Waals surface area (Å²) >= 11 is 6.44. The highest BCUT2D eigenvalue weighted by Gasteiger charge is 2.20. The molecule has 0 saturated heterocycles. The summed E-state index contributed by atoms with van der Waals surface area (Å²) in [4.78, 5) is 28.9. The number of hydrogen-bond donors (Lipinski definition) is 1. The van der Waals surface area contributed by atoms with Crippen LogP contribution in [0.15, 0.2) is 59.8 Å². The number of carboxylic acids is 1. The Morgan fingerprint density at radius 2 is 1.94 bits per heavy atom. The fraction of sp³-hybridized carbons (Fsp3) is 0.130. The molecule has 8 nitrogen and oxygen atoms in total. The number of pyridine rings is 1. The van der Waals surface area contributed by atoms with E-state index in [-0.39, 0.29) is 0 Å². The van der Waals surface area contributed by atoms with Gasteiger partial charge in [0.05, 0.1) is 39.7 Å². The van der Waals surface area contributed by atoms with E-state index >= 15 is 0 Å². The predicted octanol–water partition coefficient (Wildman–Crippen LogP) is 3.79. The number of rotatable bonds is 4. The van der Waals surface area contributed by atoms with Gasteiger partial charge in [-0.1, -0.05) is 23.7 Å². The second kappa shape index (κ2) is 7.35. The van der Waals surface area contributed by atoms with Gasteiger partial charge in [-0.25, -0.2) is 4.79 Å². The Morgan fingerprint density at radius 3 is 2.69 bits per heavy atom. The first kappa shape index (κ1) is 20.0. The minimum absolute atomic E-state index is 0.372. The highest BCUT2D eigenvalue weighted by Crippen LogP contribution is 2.31. The van der Waals surface area contributed by atoms with Gasteiger partial charge in [0, 0.05) is 24.2 Å². The smallest absolute Gasteiger partial charge is 0.334 e. The van der Waals surface area contributed by atoms with E-state index in [2.05, 4.69) is 10.1 Å². The molecule has 5 rings (SSSR count). The van der Waals surface area contributed by atoms with Gasteiger partial charge in [0.1, 0.15) is 6.54 Å². The Morgan fingerprint density at radius 1 is 1.12 bits per heavy atom. The van der Waals surface area contributed by atoms with Gasteiger partial charge in [0.25, 0.3) is 0 Å². The molecule has 0 amide bonds. The van der Waals surface area contributed by atoms with Crippen LogP contribution in [0.1, 0.15) is 5.56 Å². The topological polar surface area (TPSA) is 94.9 Å².